The van der Waals surface area contributed by atoms with Crippen molar-refractivity contribution in [2.45, 2.75) is 51.0 Å². The molecule has 162 valence electrons. The molecule has 0 radical (unpaired) electrons. The Morgan fingerprint density at radius 1 is 0.793 bits per heavy atom. The van der Waals surface area contributed by atoms with Gasteiger partial charge < -0.3 is 0 Å². The average Bonchev–Trinajstić information content (AvgIpc) is 2.66. The van der Waals surface area contributed by atoms with Gasteiger partial charge in [-0.3, -0.25) is 0 Å². The fourth-order valence-electron chi connectivity index (χ4n) is 5.53. The van der Waals surface area contributed by atoms with Crippen LogP contribution >= 0.6 is 103 Å². The first kappa shape index (κ1) is 24.0. The molecule has 0 amide bonds. The predicted molar refractivity (Wildman–Crippen MR) is 129 cm³/mol. The summed E-state index contributed by atoms with van der Waals surface area (Å²) in [4.78, 5) is 0.143. The van der Waals surface area contributed by atoms with E-state index in [9.17, 15) is 8.42 Å². The molecular weight excluding hydrogens is 581 g/mol. The number of hydrogen-bond donors (Lipinski definition) is 0. The molecule has 12 heteroatoms. The summed E-state index contributed by atoms with van der Waals surface area (Å²) < 4.78 is 25.1. The highest BCUT2D eigenvalue weighted by molar-refractivity contribution is 8.42. The number of sulfone groups is 1. The second-order valence-electron chi connectivity index (χ2n) is 8.16. The molecule has 0 spiro atoms. The Morgan fingerprint density at radius 3 is 1.55 bits per heavy atom. The number of alkyl halides is 1. The molecule has 2 nitrogen and oxygen atoms in total. The second kappa shape index (κ2) is 8.29. The summed E-state index contributed by atoms with van der Waals surface area (Å²) in [5, 5.41) is -0.0533. The van der Waals surface area contributed by atoms with Gasteiger partial charge in [0, 0.05) is 0 Å². The molecule has 0 saturated heterocycles. The lowest BCUT2D eigenvalue weighted by Crippen LogP contribution is -2.57. The molecular formula is C17H15Cl7O2S3. The van der Waals surface area contributed by atoms with Crippen LogP contribution in [0.5, 0.6) is 0 Å². The molecule has 0 heterocycles. The van der Waals surface area contributed by atoms with Crippen LogP contribution in [0.25, 0.3) is 0 Å². The third kappa shape index (κ3) is 3.74. The van der Waals surface area contributed by atoms with E-state index < -0.39 is 17.5 Å². The van der Waals surface area contributed by atoms with Gasteiger partial charge in [0.05, 0.1) is 34.8 Å². The van der Waals surface area contributed by atoms with Crippen molar-refractivity contribution in [1.29, 1.82) is 0 Å². The molecule has 1 aromatic rings. The topological polar surface area (TPSA) is 34.1 Å². The summed E-state index contributed by atoms with van der Waals surface area (Å²) in [5.74, 6) is 1.27. The van der Waals surface area contributed by atoms with Gasteiger partial charge >= 0.3 is 0 Å². The maximum Gasteiger partial charge on any atom is 0.255 e. The van der Waals surface area contributed by atoms with Crippen molar-refractivity contribution in [3.8, 4) is 0 Å². The standard InChI is InChI=1S/C17H15Cl7O2S3/c18-10-11(19)13(21)15(14(22)12(10)20)27-17(23,28-24)29(25,26)16-4-7-1-8(5-16)3-9(2-7)6-16/h7-9H,1-6H2. The zero-order chi connectivity index (χ0) is 21.4. The first-order valence-electron chi connectivity index (χ1n) is 8.88. The summed E-state index contributed by atoms with van der Waals surface area (Å²) in [5.41, 5.74) is 0. The molecule has 0 N–H and O–H groups in total. The lowest BCUT2D eigenvalue weighted by Gasteiger charge is -2.57. The summed E-state index contributed by atoms with van der Waals surface area (Å²) in [7, 11) is 2.72. The largest absolute Gasteiger partial charge is 0.255 e. The second-order valence-corrected chi connectivity index (χ2v) is 17.0. The molecule has 4 aliphatic rings. The van der Waals surface area contributed by atoms with Gasteiger partial charge in [-0.15, -0.1) is 0 Å². The summed E-state index contributed by atoms with van der Waals surface area (Å²) in [6.07, 6.45) is 5.17. The van der Waals surface area contributed by atoms with E-state index in [1.54, 1.807) is 0 Å². The van der Waals surface area contributed by atoms with Crippen molar-refractivity contribution in [3.63, 3.8) is 0 Å². The zero-order valence-corrected chi connectivity index (χ0v) is 22.4. The van der Waals surface area contributed by atoms with Crippen molar-refractivity contribution in [1.82, 2.24) is 0 Å². The smallest absolute Gasteiger partial charge is 0.225 e. The van der Waals surface area contributed by atoms with Crippen molar-refractivity contribution < 1.29 is 8.42 Å². The normalized spacial score (nSPS) is 33.1. The average molecular weight is 596 g/mol. The van der Waals surface area contributed by atoms with Crippen molar-refractivity contribution >= 4 is 113 Å². The zero-order valence-electron chi connectivity index (χ0n) is 14.7. The van der Waals surface area contributed by atoms with Crippen LogP contribution < -0.4 is 0 Å². The monoisotopic (exact) mass is 592 g/mol. The van der Waals surface area contributed by atoms with Gasteiger partial charge in [0.15, 0.2) is 9.84 Å². The Balaban J connectivity index is 1.77. The Bertz CT molecular complexity index is 904. The van der Waals surface area contributed by atoms with Crippen LogP contribution in [0.2, 0.25) is 25.1 Å². The minimum Gasteiger partial charge on any atom is -0.225 e. The minimum absolute atomic E-state index is 0.00433. The highest BCUT2D eigenvalue weighted by atomic mass is 35.7. The van der Waals surface area contributed by atoms with Crippen LogP contribution in [0.1, 0.15) is 38.5 Å². The van der Waals surface area contributed by atoms with Gasteiger partial charge in [-0.25, -0.2) is 8.42 Å². The maximum absolute atomic E-state index is 14.0. The van der Waals surface area contributed by atoms with Crippen LogP contribution in [-0.2, 0) is 9.84 Å². The van der Waals surface area contributed by atoms with Crippen LogP contribution in [-0.4, -0.2) is 16.0 Å². The Labute approximate surface area is 213 Å². The van der Waals surface area contributed by atoms with E-state index in [-0.39, 0.29) is 30.0 Å². The molecule has 1 unspecified atom stereocenters. The van der Waals surface area contributed by atoms with Crippen molar-refractivity contribution in [2.24, 2.45) is 17.8 Å². The molecule has 5 rings (SSSR count). The maximum atomic E-state index is 14.0. The van der Waals surface area contributed by atoms with Crippen molar-refractivity contribution in [3.05, 3.63) is 25.1 Å². The number of halogens is 7. The molecule has 1 aromatic carbocycles. The van der Waals surface area contributed by atoms with Gasteiger partial charge in [-0.2, -0.15) is 0 Å². The van der Waals surface area contributed by atoms with Crippen LogP contribution in [0, 0.1) is 17.8 Å². The van der Waals surface area contributed by atoms with E-state index in [1.165, 1.54) is 0 Å². The Hall–Kier alpha value is 1.90. The highest BCUT2D eigenvalue weighted by Gasteiger charge is 2.63. The number of thioether (sulfide) groups is 1. The van der Waals surface area contributed by atoms with E-state index in [2.05, 4.69) is 0 Å². The molecule has 0 aromatic heterocycles. The lowest BCUT2D eigenvalue weighted by molar-refractivity contribution is 0.0339. The van der Waals surface area contributed by atoms with Gasteiger partial charge in [0.25, 0.3) is 2.87 Å². The first-order valence-corrected chi connectivity index (χ1v) is 15.1. The fourth-order valence-corrected chi connectivity index (χ4v) is 13.7. The molecule has 4 bridgehead atoms. The van der Waals surface area contributed by atoms with Gasteiger partial charge in [-0.1, -0.05) is 81.4 Å². The van der Waals surface area contributed by atoms with Gasteiger partial charge in [0.1, 0.15) is 0 Å². The van der Waals surface area contributed by atoms with E-state index in [4.69, 9.17) is 80.3 Å². The van der Waals surface area contributed by atoms with E-state index in [1.807, 2.05) is 0 Å². The Morgan fingerprint density at radius 2 is 1.17 bits per heavy atom. The van der Waals surface area contributed by atoms with Crippen LogP contribution in [0.15, 0.2) is 4.90 Å². The third-order valence-corrected chi connectivity index (χ3v) is 17.1. The Kier molecular flexibility index (Phi) is 6.87. The number of hydrogen-bond acceptors (Lipinski definition) is 4. The first-order chi connectivity index (χ1) is 13.4. The summed E-state index contributed by atoms with van der Waals surface area (Å²) >= 11 is 38.5. The number of benzene rings is 1. The van der Waals surface area contributed by atoms with Crippen LogP contribution in [0.4, 0.5) is 0 Å². The summed E-state index contributed by atoms with van der Waals surface area (Å²) in [6.45, 7) is 0. The SMILES string of the molecule is O=S(=O)(C12CC3CC(CC(C3)C1)C2)C(Cl)(SCl)Sc1c(Cl)c(Cl)c(Cl)c(Cl)c1Cl. The highest BCUT2D eigenvalue weighted by Crippen LogP contribution is 2.65. The fraction of sp³-hybridized carbons (Fsp3) is 0.647. The third-order valence-electron chi connectivity index (χ3n) is 6.36. The minimum atomic E-state index is -3.91. The quantitative estimate of drug-likeness (QED) is 0.112. The van der Waals surface area contributed by atoms with Crippen LogP contribution in [0.3, 0.4) is 0 Å². The molecule has 4 aliphatic carbocycles. The van der Waals surface area contributed by atoms with E-state index in [0.29, 0.717) is 48.0 Å². The lowest BCUT2D eigenvalue weighted by atomic mass is 9.56. The molecule has 0 aliphatic heterocycles. The molecule has 4 fully saturated rings. The number of rotatable bonds is 5. The van der Waals surface area contributed by atoms with E-state index in [0.717, 1.165) is 31.0 Å². The predicted octanol–water partition coefficient (Wildman–Crippen LogP) is 9.17. The molecule has 29 heavy (non-hydrogen) atoms. The van der Waals surface area contributed by atoms with Gasteiger partial charge in [-0.05, 0) is 77.9 Å². The van der Waals surface area contributed by atoms with Gasteiger partial charge in [0.2, 0.25) is 0 Å². The molecule has 1 atom stereocenters. The van der Waals surface area contributed by atoms with E-state index >= 15 is 0 Å². The summed E-state index contributed by atoms with van der Waals surface area (Å²) in [6, 6.07) is 0. The van der Waals surface area contributed by atoms with Crippen molar-refractivity contribution in [2.75, 3.05) is 0 Å². The molecule has 4 saturated carbocycles.